The van der Waals surface area contributed by atoms with Crippen molar-refractivity contribution < 1.29 is 21.7 Å². The van der Waals surface area contributed by atoms with Gasteiger partial charge in [-0.3, -0.25) is 4.79 Å². The number of rotatable bonds is 4. The van der Waals surface area contributed by atoms with Gasteiger partial charge in [0.25, 0.3) is 0 Å². The second-order valence-electron chi connectivity index (χ2n) is 4.80. The Bertz CT molecular complexity index is 174. The van der Waals surface area contributed by atoms with Gasteiger partial charge in [0.2, 0.25) is 5.91 Å². The number of nitrogens with two attached hydrogens (primary N) is 1. The molecule has 0 aromatic carbocycles. The summed E-state index contributed by atoms with van der Waals surface area (Å²) in [5.74, 6) is 0.368. The van der Waals surface area contributed by atoms with Gasteiger partial charge in [-0.15, -0.1) is 0 Å². The summed E-state index contributed by atoms with van der Waals surface area (Å²) in [5.41, 5.74) is 4.53. The average Bonchev–Trinajstić information content (AvgIpc) is 2.01. The maximum absolute atomic E-state index is 9.47. The number of hydrogen-bond acceptors (Lipinski definition) is 1. The highest BCUT2D eigenvalue weighted by molar-refractivity contribution is 5.84. The number of carbonyl (C=O) groups excluding carboxylic acids is 1. The van der Waals surface area contributed by atoms with Crippen LogP contribution < -0.4 is 18.1 Å². The number of nitrogens with zero attached hydrogens (tertiary/aromatic N) is 1. The fourth-order valence-corrected chi connectivity index (χ4v) is 0.645. The molecule has 92 valence electrons. The molecule has 0 aliphatic heterocycles. The van der Waals surface area contributed by atoms with E-state index in [1.54, 1.807) is 0 Å². The molecular formula is C11H25ClN2O. The SMILES string of the molecule is C=CC(N)=O.CC(C)CC[N+](C)(C)C.[Cl-]. The van der Waals surface area contributed by atoms with Gasteiger partial charge in [0.1, 0.15) is 0 Å². The minimum atomic E-state index is -0.481. The Morgan fingerprint density at radius 3 is 1.80 bits per heavy atom. The molecule has 15 heavy (non-hydrogen) atoms. The van der Waals surface area contributed by atoms with E-state index in [1.165, 1.54) is 13.0 Å². The number of halogens is 1. The molecule has 0 saturated carbocycles. The molecule has 0 bridgehead atoms. The van der Waals surface area contributed by atoms with Crippen LogP contribution in [-0.2, 0) is 4.79 Å². The summed E-state index contributed by atoms with van der Waals surface area (Å²) >= 11 is 0. The van der Waals surface area contributed by atoms with E-state index >= 15 is 0 Å². The Hall–Kier alpha value is -0.540. The van der Waals surface area contributed by atoms with E-state index in [4.69, 9.17) is 0 Å². The molecule has 0 spiro atoms. The molecule has 0 fully saturated rings. The monoisotopic (exact) mass is 236 g/mol. The van der Waals surface area contributed by atoms with Gasteiger partial charge in [0, 0.05) is 0 Å². The zero-order chi connectivity index (χ0) is 11.8. The van der Waals surface area contributed by atoms with Gasteiger partial charge in [-0.1, -0.05) is 20.4 Å². The Morgan fingerprint density at radius 1 is 1.40 bits per heavy atom. The molecule has 0 atom stereocenters. The first-order valence-electron chi connectivity index (χ1n) is 4.91. The number of primary amides is 1. The topological polar surface area (TPSA) is 43.1 Å². The molecule has 0 aromatic rings. The number of amides is 1. The van der Waals surface area contributed by atoms with Crippen LogP contribution in [0.4, 0.5) is 0 Å². The molecule has 0 aliphatic rings. The third-order valence-corrected chi connectivity index (χ3v) is 1.58. The first kappa shape index (κ1) is 19.9. The molecule has 0 radical (unpaired) electrons. The van der Waals surface area contributed by atoms with Crippen molar-refractivity contribution in [3.8, 4) is 0 Å². The van der Waals surface area contributed by atoms with E-state index in [0.717, 1.165) is 16.5 Å². The number of quaternary nitrogens is 1. The third kappa shape index (κ3) is 31.8. The third-order valence-electron chi connectivity index (χ3n) is 1.58. The predicted octanol–water partition coefficient (Wildman–Crippen LogP) is -1.60. The second kappa shape index (κ2) is 9.99. The van der Waals surface area contributed by atoms with Crippen LogP contribution in [0.3, 0.4) is 0 Å². The highest BCUT2D eigenvalue weighted by Gasteiger charge is 2.06. The predicted molar refractivity (Wildman–Crippen MR) is 61.7 cm³/mol. The maximum atomic E-state index is 9.47. The first-order valence-corrected chi connectivity index (χ1v) is 4.91. The standard InChI is InChI=1S/C8H20N.C3H5NO.ClH/c1-8(2)6-7-9(3,4)5;1-2-3(4)5;/h8H,6-7H2,1-5H3;2H,1H2,(H2,4,5);1H/q+1;;/p-1. The Balaban J connectivity index is -0.000000208. The molecular weight excluding hydrogens is 212 g/mol. The molecule has 0 rings (SSSR count). The first-order chi connectivity index (χ1) is 6.19. The normalized spacial score (nSPS) is 9.73. The molecule has 0 aromatic heterocycles. The van der Waals surface area contributed by atoms with Crippen LogP contribution in [0.2, 0.25) is 0 Å². The van der Waals surface area contributed by atoms with E-state index in [1.807, 2.05) is 0 Å². The lowest BCUT2D eigenvalue weighted by Crippen LogP contribution is -3.00. The van der Waals surface area contributed by atoms with E-state index in [-0.39, 0.29) is 12.4 Å². The summed E-state index contributed by atoms with van der Waals surface area (Å²) in [6.45, 7) is 8.92. The molecule has 0 unspecified atom stereocenters. The van der Waals surface area contributed by atoms with Crippen molar-refractivity contribution in [2.24, 2.45) is 11.7 Å². The zero-order valence-corrected chi connectivity index (χ0v) is 11.3. The molecule has 2 N–H and O–H groups in total. The Labute approximate surface area is 100 Å². The molecule has 0 heterocycles. The summed E-state index contributed by atoms with van der Waals surface area (Å²) < 4.78 is 1.10. The van der Waals surface area contributed by atoms with Gasteiger partial charge in [-0.25, -0.2) is 0 Å². The van der Waals surface area contributed by atoms with Crippen LogP contribution in [-0.4, -0.2) is 38.1 Å². The van der Waals surface area contributed by atoms with Gasteiger partial charge in [-0.05, 0) is 18.4 Å². The summed E-state index contributed by atoms with van der Waals surface area (Å²) in [6.07, 6.45) is 2.39. The number of hydrogen-bond donors (Lipinski definition) is 1. The van der Waals surface area contributed by atoms with Crippen LogP contribution in [0.15, 0.2) is 12.7 Å². The van der Waals surface area contributed by atoms with Crippen molar-refractivity contribution in [2.75, 3.05) is 27.7 Å². The summed E-state index contributed by atoms with van der Waals surface area (Å²) in [7, 11) is 6.72. The summed E-state index contributed by atoms with van der Waals surface area (Å²) in [5, 5.41) is 0. The largest absolute Gasteiger partial charge is 1.00 e. The molecule has 4 heteroatoms. The fourth-order valence-electron chi connectivity index (χ4n) is 0.645. The maximum Gasteiger partial charge on any atom is 0.240 e. The van der Waals surface area contributed by atoms with Gasteiger partial charge in [-0.2, -0.15) is 0 Å². The summed E-state index contributed by atoms with van der Waals surface area (Å²) in [6, 6.07) is 0. The van der Waals surface area contributed by atoms with Crippen molar-refractivity contribution in [1.82, 2.24) is 0 Å². The minimum Gasteiger partial charge on any atom is -1.00 e. The van der Waals surface area contributed by atoms with Crippen LogP contribution in [0, 0.1) is 5.92 Å². The molecule has 3 nitrogen and oxygen atoms in total. The van der Waals surface area contributed by atoms with Gasteiger partial charge >= 0.3 is 0 Å². The Kier molecular flexibility index (Phi) is 13.3. The van der Waals surface area contributed by atoms with Crippen LogP contribution in [0.5, 0.6) is 0 Å². The zero-order valence-electron chi connectivity index (χ0n) is 10.6. The van der Waals surface area contributed by atoms with E-state index in [2.05, 4.69) is 47.3 Å². The van der Waals surface area contributed by atoms with Crippen molar-refractivity contribution in [1.29, 1.82) is 0 Å². The van der Waals surface area contributed by atoms with E-state index < -0.39 is 5.91 Å². The van der Waals surface area contributed by atoms with Crippen LogP contribution in [0.1, 0.15) is 20.3 Å². The smallest absolute Gasteiger partial charge is 0.240 e. The highest BCUT2D eigenvalue weighted by Crippen LogP contribution is 2.02. The lowest BCUT2D eigenvalue weighted by molar-refractivity contribution is -0.870. The lowest BCUT2D eigenvalue weighted by Gasteiger charge is -2.24. The minimum absolute atomic E-state index is 0. The highest BCUT2D eigenvalue weighted by atomic mass is 35.5. The molecule has 0 saturated heterocycles. The molecule has 1 amide bonds. The summed E-state index contributed by atoms with van der Waals surface area (Å²) in [4.78, 5) is 9.47. The van der Waals surface area contributed by atoms with Gasteiger partial charge < -0.3 is 22.6 Å². The van der Waals surface area contributed by atoms with Gasteiger partial charge in [0.15, 0.2) is 0 Å². The average molecular weight is 237 g/mol. The quantitative estimate of drug-likeness (QED) is 0.464. The Morgan fingerprint density at radius 2 is 1.73 bits per heavy atom. The fraction of sp³-hybridized carbons (Fsp3) is 0.727. The van der Waals surface area contributed by atoms with Crippen molar-refractivity contribution >= 4 is 5.91 Å². The van der Waals surface area contributed by atoms with Crippen molar-refractivity contribution in [2.45, 2.75) is 20.3 Å². The van der Waals surface area contributed by atoms with Crippen molar-refractivity contribution in [3.63, 3.8) is 0 Å². The van der Waals surface area contributed by atoms with Crippen LogP contribution >= 0.6 is 0 Å². The second-order valence-corrected chi connectivity index (χ2v) is 4.80. The number of carbonyl (C=O) groups is 1. The van der Waals surface area contributed by atoms with Crippen molar-refractivity contribution in [3.05, 3.63) is 12.7 Å². The van der Waals surface area contributed by atoms with E-state index in [0.29, 0.717) is 0 Å². The molecule has 0 aliphatic carbocycles. The van der Waals surface area contributed by atoms with Gasteiger partial charge in [0.05, 0.1) is 27.7 Å². The van der Waals surface area contributed by atoms with E-state index in [9.17, 15) is 4.79 Å². The lowest BCUT2D eigenvalue weighted by atomic mass is 10.1. The van der Waals surface area contributed by atoms with Crippen LogP contribution in [0.25, 0.3) is 0 Å².